The van der Waals surface area contributed by atoms with Crippen LogP contribution in [-0.2, 0) is 6.42 Å². The number of hydrogen-bond donors (Lipinski definition) is 1. The largest absolute Gasteiger partial charge is 0.305 e. The molecule has 0 aliphatic carbocycles. The number of aromatic nitrogens is 2. The van der Waals surface area contributed by atoms with Gasteiger partial charge in [0.25, 0.3) is 5.91 Å². The van der Waals surface area contributed by atoms with Crippen LogP contribution in [-0.4, -0.2) is 15.7 Å². The number of anilines is 1. The first-order valence-corrected chi connectivity index (χ1v) is 8.59. The van der Waals surface area contributed by atoms with Crippen LogP contribution in [0.15, 0.2) is 59.1 Å². The number of aryl methyl sites for hydroxylation is 2. The number of hydrogen-bond acceptors (Lipinski definition) is 2. The van der Waals surface area contributed by atoms with Crippen molar-refractivity contribution >= 4 is 27.7 Å². The molecule has 0 aliphatic heterocycles. The Hall–Kier alpha value is -2.40. The number of carbonyl (C=O) groups excluding carboxylic acids is 1. The molecule has 0 spiro atoms. The van der Waals surface area contributed by atoms with Crippen molar-refractivity contribution in [1.82, 2.24) is 9.78 Å². The average Bonchev–Trinajstić information content (AvgIpc) is 2.98. The molecule has 0 unspecified atom stereocenters. The van der Waals surface area contributed by atoms with E-state index in [1.165, 1.54) is 5.56 Å². The molecule has 5 heteroatoms. The highest BCUT2D eigenvalue weighted by atomic mass is 79.9. The minimum Gasteiger partial charge on any atom is -0.305 e. The van der Waals surface area contributed by atoms with Gasteiger partial charge in [0.15, 0.2) is 5.82 Å². The average molecular weight is 384 g/mol. The zero-order chi connectivity index (χ0) is 17.1. The SMILES string of the molecule is CCc1cc(NC(=O)c2cccc(Br)c2)nn1-c1cccc(C)c1. The van der Waals surface area contributed by atoms with Crippen molar-refractivity contribution in [3.63, 3.8) is 0 Å². The fourth-order valence-corrected chi connectivity index (χ4v) is 2.93. The van der Waals surface area contributed by atoms with Crippen molar-refractivity contribution in [2.75, 3.05) is 5.32 Å². The Labute approximate surface area is 149 Å². The number of amides is 1. The molecule has 0 fully saturated rings. The predicted octanol–water partition coefficient (Wildman–Crippen LogP) is 4.76. The van der Waals surface area contributed by atoms with Crippen molar-refractivity contribution in [3.05, 3.63) is 75.9 Å². The molecule has 1 N–H and O–H groups in total. The molecule has 2 aromatic carbocycles. The molecular weight excluding hydrogens is 366 g/mol. The lowest BCUT2D eigenvalue weighted by atomic mass is 10.2. The molecule has 0 saturated heterocycles. The molecule has 0 atom stereocenters. The van der Waals surface area contributed by atoms with Crippen molar-refractivity contribution in [2.45, 2.75) is 20.3 Å². The second-order valence-corrected chi connectivity index (χ2v) is 6.51. The maximum atomic E-state index is 12.4. The molecule has 0 radical (unpaired) electrons. The van der Waals surface area contributed by atoms with E-state index in [9.17, 15) is 4.79 Å². The minimum absolute atomic E-state index is 0.173. The van der Waals surface area contributed by atoms with E-state index in [4.69, 9.17) is 0 Å². The summed E-state index contributed by atoms with van der Waals surface area (Å²) in [4.78, 5) is 12.4. The predicted molar refractivity (Wildman–Crippen MR) is 99.8 cm³/mol. The Morgan fingerprint density at radius 2 is 1.96 bits per heavy atom. The molecule has 3 rings (SSSR count). The summed E-state index contributed by atoms with van der Waals surface area (Å²) >= 11 is 3.38. The first-order valence-electron chi connectivity index (χ1n) is 7.79. The number of halogens is 1. The lowest BCUT2D eigenvalue weighted by molar-refractivity contribution is 0.102. The maximum absolute atomic E-state index is 12.4. The number of benzene rings is 2. The lowest BCUT2D eigenvalue weighted by Gasteiger charge is -2.06. The van der Waals surface area contributed by atoms with Gasteiger partial charge in [-0.15, -0.1) is 5.10 Å². The van der Waals surface area contributed by atoms with Gasteiger partial charge in [0.2, 0.25) is 0 Å². The third-order valence-electron chi connectivity index (χ3n) is 3.72. The molecule has 1 heterocycles. The van der Waals surface area contributed by atoms with Gasteiger partial charge in [-0.1, -0.05) is 41.1 Å². The Kier molecular flexibility index (Phi) is 4.81. The van der Waals surface area contributed by atoms with Gasteiger partial charge in [0.1, 0.15) is 0 Å². The fraction of sp³-hybridized carbons (Fsp3) is 0.158. The van der Waals surface area contributed by atoms with Gasteiger partial charge in [-0.3, -0.25) is 4.79 Å². The number of rotatable bonds is 4. The standard InChI is InChI=1S/C19H18BrN3O/c1-3-16-12-18(21-19(24)14-7-5-8-15(20)11-14)22-23(16)17-9-4-6-13(2)10-17/h4-12H,3H2,1-2H3,(H,21,22,24). The molecule has 122 valence electrons. The molecule has 1 aromatic heterocycles. The highest BCUT2D eigenvalue weighted by Gasteiger charge is 2.12. The lowest BCUT2D eigenvalue weighted by Crippen LogP contribution is -2.12. The zero-order valence-corrected chi connectivity index (χ0v) is 15.2. The van der Waals surface area contributed by atoms with E-state index < -0.39 is 0 Å². The van der Waals surface area contributed by atoms with E-state index in [0.717, 1.165) is 22.3 Å². The van der Waals surface area contributed by atoms with Crippen molar-refractivity contribution < 1.29 is 4.79 Å². The van der Waals surface area contributed by atoms with Crippen LogP contribution in [0.1, 0.15) is 28.5 Å². The van der Waals surface area contributed by atoms with Gasteiger partial charge < -0.3 is 5.32 Å². The molecule has 0 aliphatic rings. The van der Waals surface area contributed by atoms with E-state index in [-0.39, 0.29) is 5.91 Å². The van der Waals surface area contributed by atoms with E-state index in [2.05, 4.69) is 52.3 Å². The molecular formula is C19H18BrN3O. The highest BCUT2D eigenvalue weighted by molar-refractivity contribution is 9.10. The monoisotopic (exact) mass is 383 g/mol. The van der Waals surface area contributed by atoms with E-state index in [0.29, 0.717) is 11.4 Å². The third-order valence-corrected chi connectivity index (χ3v) is 4.21. The smallest absolute Gasteiger partial charge is 0.256 e. The van der Waals surface area contributed by atoms with E-state index >= 15 is 0 Å². The topological polar surface area (TPSA) is 46.9 Å². The summed E-state index contributed by atoms with van der Waals surface area (Å²) in [5.41, 5.74) is 3.80. The van der Waals surface area contributed by atoms with Crippen LogP contribution < -0.4 is 5.32 Å². The van der Waals surface area contributed by atoms with Crippen LogP contribution in [0.4, 0.5) is 5.82 Å². The maximum Gasteiger partial charge on any atom is 0.256 e. The van der Waals surface area contributed by atoms with Gasteiger partial charge in [-0.2, -0.15) is 0 Å². The Balaban J connectivity index is 1.89. The van der Waals surface area contributed by atoms with Gasteiger partial charge in [0.05, 0.1) is 5.69 Å². The Morgan fingerprint density at radius 1 is 1.17 bits per heavy atom. The second-order valence-electron chi connectivity index (χ2n) is 5.59. The number of nitrogens with one attached hydrogen (secondary N) is 1. The number of carbonyl (C=O) groups is 1. The van der Waals surface area contributed by atoms with Crippen LogP contribution >= 0.6 is 15.9 Å². The molecule has 0 saturated carbocycles. The molecule has 0 bridgehead atoms. The summed E-state index contributed by atoms with van der Waals surface area (Å²) < 4.78 is 2.75. The molecule has 3 aromatic rings. The summed E-state index contributed by atoms with van der Waals surface area (Å²) in [6.07, 6.45) is 0.827. The van der Waals surface area contributed by atoms with Crippen molar-refractivity contribution in [3.8, 4) is 5.69 Å². The summed E-state index contributed by atoms with van der Waals surface area (Å²) in [7, 11) is 0. The van der Waals surface area contributed by atoms with Gasteiger partial charge in [-0.05, 0) is 49.2 Å². The second kappa shape index (κ2) is 7.01. The first kappa shape index (κ1) is 16.5. The minimum atomic E-state index is -0.173. The van der Waals surface area contributed by atoms with Crippen molar-refractivity contribution in [2.24, 2.45) is 0 Å². The zero-order valence-electron chi connectivity index (χ0n) is 13.6. The van der Waals surface area contributed by atoms with Gasteiger partial charge in [-0.25, -0.2) is 4.68 Å². The normalized spacial score (nSPS) is 10.6. The molecule has 24 heavy (non-hydrogen) atoms. The summed E-state index contributed by atoms with van der Waals surface area (Å²) in [5, 5.41) is 7.43. The summed E-state index contributed by atoms with van der Waals surface area (Å²) in [6.45, 7) is 4.12. The third kappa shape index (κ3) is 3.57. The first-order chi connectivity index (χ1) is 11.6. The number of nitrogens with zero attached hydrogens (tertiary/aromatic N) is 2. The van der Waals surface area contributed by atoms with E-state index in [1.807, 2.05) is 35.0 Å². The Morgan fingerprint density at radius 3 is 2.67 bits per heavy atom. The summed E-state index contributed by atoms with van der Waals surface area (Å²) in [6, 6.07) is 17.3. The van der Waals surface area contributed by atoms with Crippen molar-refractivity contribution in [1.29, 1.82) is 0 Å². The fourth-order valence-electron chi connectivity index (χ4n) is 2.53. The van der Waals surface area contributed by atoms with Crippen LogP contribution in [0.25, 0.3) is 5.69 Å². The van der Waals surface area contributed by atoms with Crippen LogP contribution in [0, 0.1) is 6.92 Å². The quantitative estimate of drug-likeness (QED) is 0.705. The van der Waals surface area contributed by atoms with Crippen LogP contribution in [0.2, 0.25) is 0 Å². The highest BCUT2D eigenvalue weighted by Crippen LogP contribution is 2.19. The van der Waals surface area contributed by atoms with Crippen LogP contribution in [0.5, 0.6) is 0 Å². The van der Waals surface area contributed by atoms with Gasteiger partial charge >= 0.3 is 0 Å². The Bertz CT molecular complexity index is 886. The summed E-state index contributed by atoms with van der Waals surface area (Å²) in [5.74, 6) is 0.381. The molecule has 4 nitrogen and oxygen atoms in total. The van der Waals surface area contributed by atoms with Gasteiger partial charge in [0, 0.05) is 21.8 Å². The van der Waals surface area contributed by atoms with E-state index in [1.54, 1.807) is 12.1 Å². The molecule has 1 amide bonds. The van der Waals surface area contributed by atoms with Crippen LogP contribution in [0.3, 0.4) is 0 Å².